The Morgan fingerprint density at radius 3 is 2.90 bits per heavy atom. The van der Waals surface area contributed by atoms with Crippen LogP contribution >= 0.6 is 11.3 Å². The molecule has 0 unspecified atom stereocenters. The number of furan rings is 1. The Hall–Kier alpha value is -2.91. The van der Waals surface area contributed by atoms with Crippen LogP contribution in [0.2, 0.25) is 0 Å². The number of nitrogens with zero attached hydrogens (tertiary/aromatic N) is 2. The molecule has 1 amide bonds. The van der Waals surface area contributed by atoms with E-state index in [9.17, 15) is 4.79 Å². The predicted octanol–water partition coefficient (Wildman–Crippen LogP) is 3.43. The van der Waals surface area contributed by atoms with Crippen LogP contribution in [-0.2, 0) is 4.79 Å². The number of hydrogen-bond acceptors (Lipinski definition) is 5. The smallest absolute Gasteiger partial charge is 0.268 e. The second-order valence-corrected chi connectivity index (χ2v) is 5.16. The second kappa shape index (κ2) is 5.61. The van der Waals surface area contributed by atoms with E-state index in [2.05, 4.69) is 10.3 Å². The molecule has 0 bridgehead atoms. The number of thiazole rings is 1. The van der Waals surface area contributed by atoms with Gasteiger partial charge in [-0.3, -0.25) is 10.1 Å². The zero-order valence-electron chi connectivity index (χ0n) is 10.7. The Bertz CT molecular complexity index is 824. The standard InChI is InChI=1S/C15H9N3O2S/c16-9-10(8-11-4-3-7-20-11)14(19)18-15-17-12-5-1-2-6-13(12)21-15/h1-8H,(H,17,18,19)/b10-8-. The number of nitrogens with one attached hydrogen (secondary N) is 1. The molecule has 0 saturated heterocycles. The van der Waals surface area contributed by atoms with E-state index in [1.54, 1.807) is 12.1 Å². The summed E-state index contributed by atoms with van der Waals surface area (Å²) in [5.41, 5.74) is 0.774. The molecule has 0 atom stereocenters. The Labute approximate surface area is 124 Å². The van der Waals surface area contributed by atoms with E-state index >= 15 is 0 Å². The topological polar surface area (TPSA) is 78.9 Å². The van der Waals surface area contributed by atoms with Crippen molar-refractivity contribution in [1.29, 1.82) is 5.26 Å². The fourth-order valence-corrected chi connectivity index (χ4v) is 2.62. The Morgan fingerprint density at radius 2 is 2.19 bits per heavy atom. The highest BCUT2D eigenvalue weighted by atomic mass is 32.1. The molecule has 5 nitrogen and oxygen atoms in total. The highest BCUT2D eigenvalue weighted by Gasteiger charge is 2.12. The van der Waals surface area contributed by atoms with Crippen molar-refractivity contribution < 1.29 is 9.21 Å². The third-order valence-electron chi connectivity index (χ3n) is 2.71. The van der Waals surface area contributed by atoms with Crippen LogP contribution in [0.3, 0.4) is 0 Å². The van der Waals surface area contributed by atoms with Crippen molar-refractivity contribution in [2.45, 2.75) is 0 Å². The van der Waals surface area contributed by atoms with Gasteiger partial charge in [-0.1, -0.05) is 23.5 Å². The minimum Gasteiger partial charge on any atom is -0.465 e. The van der Waals surface area contributed by atoms with Gasteiger partial charge in [0, 0.05) is 6.08 Å². The van der Waals surface area contributed by atoms with Crippen molar-refractivity contribution in [3.8, 4) is 6.07 Å². The Balaban J connectivity index is 1.83. The van der Waals surface area contributed by atoms with Crippen LogP contribution in [0, 0.1) is 11.3 Å². The van der Waals surface area contributed by atoms with E-state index in [-0.39, 0.29) is 5.57 Å². The minimum atomic E-state index is -0.507. The first-order chi connectivity index (χ1) is 10.3. The van der Waals surface area contributed by atoms with Gasteiger partial charge in [0.05, 0.1) is 16.5 Å². The van der Waals surface area contributed by atoms with Crippen LogP contribution in [0.1, 0.15) is 5.76 Å². The fraction of sp³-hybridized carbons (Fsp3) is 0. The number of carbonyl (C=O) groups excluding carboxylic acids is 1. The van der Waals surface area contributed by atoms with Crippen molar-refractivity contribution in [3.63, 3.8) is 0 Å². The molecule has 21 heavy (non-hydrogen) atoms. The lowest BCUT2D eigenvalue weighted by molar-refractivity contribution is -0.112. The lowest BCUT2D eigenvalue weighted by Gasteiger charge is -1.98. The number of anilines is 1. The second-order valence-electron chi connectivity index (χ2n) is 4.13. The van der Waals surface area contributed by atoms with Crippen LogP contribution in [0.15, 0.2) is 52.7 Å². The maximum absolute atomic E-state index is 12.1. The summed E-state index contributed by atoms with van der Waals surface area (Å²) in [6.07, 6.45) is 2.87. The van der Waals surface area contributed by atoms with Gasteiger partial charge >= 0.3 is 0 Å². The molecule has 6 heteroatoms. The summed E-state index contributed by atoms with van der Waals surface area (Å²) in [7, 11) is 0. The van der Waals surface area contributed by atoms with Crippen molar-refractivity contribution in [1.82, 2.24) is 4.98 Å². The number of para-hydroxylation sites is 1. The van der Waals surface area contributed by atoms with Crippen LogP contribution in [-0.4, -0.2) is 10.9 Å². The monoisotopic (exact) mass is 295 g/mol. The number of amides is 1. The van der Waals surface area contributed by atoms with E-state index in [0.29, 0.717) is 10.9 Å². The van der Waals surface area contributed by atoms with Crippen LogP contribution < -0.4 is 5.32 Å². The summed E-state index contributed by atoms with van der Waals surface area (Å²) in [6, 6.07) is 12.8. The molecule has 0 saturated carbocycles. The summed E-state index contributed by atoms with van der Waals surface area (Å²) in [5.74, 6) is -0.0565. The molecule has 2 aromatic heterocycles. The molecular weight excluding hydrogens is 286 g/mol. The molecule has 0 radical (unpaired) electrons. The third-order valence-corrected chi connectivity index (χ3v) is 3.66. The minimum absolute atomic E-state index is 0.0378. The maximum atomic E-state index is 12.1. The van der Waals surface area contributed by atoms with E-state index in [1.165, 1.54) is 23.7 Å². The van der Waals surface area contributed by atoms with Gasteiger partial charge in [-0.15, -0.1) is 0 Å². The van der Waals surface area contributed by atoms with Gasteiger partial charge in [0.15, 0.2) is 5.13 Å². The van der Waals surface area contributed by atoms with Crippen molar-refractivity contribution >= 4 is 38.7 Å². The molecule has 1 N–H and O–H groups in total. The summed E-state index contributed by atoms with van der Waals surface area (Å²) in [4.78, 5) is 16.4. The molecule has 0 aliphatic heterocycles. The van der Waals surface area contributed by atoms with Crippen molar-refractivity contribution in [3.05, 3.63) is 54.0 Å². The van der Waals surface area contributed by atoms with E-state index in [4.69, 9.17) is 9.68 Å². The maximum Gasteiger partial charge on any atom is 0.268 e. The average Bonchev–Trinajstić information content (AvgIpc) is 3.13. The van der Waals surface area contributed by atoms with Gasteiger partial charge in [0.2, 0.25) is 0 Å². The number of rotatable bonds is 3. The average molecular weight is 295 g/mol. The number of carbonyl (C=O) groups is 1. The van der Waals surface area contributed by atoms with E-state index < -0.39 is 5.91 Å². The van der Waals surface area contributed by atoms with Gasteiger partial charge in [-0.25, -0.2) is 4.98 Å². The summed E-state index contributed by atoms with van der Waals surface area (Å²) in [5, 5.41) is 12.2. The predicted molar refractivity (Wildman–Crippen MR) is 80.5 cm³/mol. The first-order valence-corrected chi connectivity index (χ1v) is 6.90. The first kappa shape index (κ1) is 13.1. The molecule has 0 spiro atoms. The van der Waals surface area contributed by atoms with E-state index in [1.807, 2.05) is 30.3 Å². The van der Waals surface area contributed by atoms with Gasteiger partial charge in [0.25, 0.3) is 5.91 Å². The normalized spacial score (nSPS) is 11.3. The molecule has 3 aromatic rings. The number of nitriles is 1. The van der Waals surface area contributed by atoms with Gasteiger partial charge in [-0.05, 0) is 24.3 Å². The Morgan fingerprint density at radius 1 is 1.33 bits per heavy atom. The highest BCUT2D eigenvalue weighted by Crippen LogP contribution is 2.25. The largest absolute Gasteiger partial charge is 0.465 e. The molecule has 0 aliphatic rings. The summed E-state index contributed by atoms with van der Waals surface area (Å²) in [6.45, 7) is 0. The summed E-state index contributed by atoms with van der Waals surface area (Å²) < 4.78 is 6.07. The van der Waals surface area contributed by atoms with Crippen molar-refractivity contribution in [2.24, 2.45) is 0 Å². The number of hydrogen-bond donors (Lipinski definition) is 1. The lowest BCUT2D eigenvalue weighted by atomic mass is 10.2. The summed E-state index contributed by atoms with van der Waals surface area (Å²) >= 11 is 1.36. The number of fused-ring (bicyclic) bond motifs is 1. The van der Waals surface area contributed by atoms with Gasteiger partial charge < -0.3 is 4.42 Å². The van der Waals surface area contributed by atoms with E-state index in [0.717, 1.165) is 10.2 Å². The van der Waals surface area contributed by atoms with Gasteiger partial charge in [-0.2, -0.15) is 5.26 Å². The molecule has 3 rings (SSSR count). The molecule has 1 aromatic carbocycles. The quantitative estimate of drug-likeness (QED) is 0.593. The molecular formula is C15H9N3O2S. The van der Waals surface area contributed by atoms with Crippen LogP contribution in [0.5, 0.6) is 0 Å². The number of benzene rings is 1. The highest BCUT2D eigenvalue weighted by molar-refractivity contribution is 7.22. The van der Waals surface area contributed by atoms with Crippen molar-refractivity contribution in [2.75, 3.05) is 5.32 Å². The van der Waals surface area contributed by atoms with Crippen LogP contribution in [0.25, 0.3) is 16.3 Å². The zero-order chi connectivity index (χ0) is 14.7. The third kappa shape index (κ3) is 2.83. The SMILES string of the molecule is N#C/C(=C/c1ccco1)C(=O)Nc1nc2ccccc2s1. The fourth-order valence-electron chi connectivity index (χ4n) is 1.75. The molecule has 2 heterocycles. The van der Waals surface area contributed by atoms with Crippen LogP contribution in [0.4, 0.5) is 5.13 Å². The Kier molecular flexibility index (Phi) is 3.50. The number of aromatic nitrogens is 1. The van der Waals surface area contributed by atoms with Gasteiger partial charge in [0.1, 0.15) is 17.4 Å². The lowest BCUT2D eigenvalue weighted by Crippen LogP contribution is -2.13. The molecule has 0 aliphatic carbocycles. The molecule has 0 fully saturated rings. The molecule has 102 valence electrons. The zero-order valence-corrected chi connectivity index (χ0v) is 11.6. The first-order valence-electron chi connectivity index (χ1n) is 6.08.